The van der Waals surface area contributed by atoms with Crippen LogP contribution in [0.1, 0.15) is 17.2 Å². The molecule has 2 aromatic heterocycles. The molecule has 0 amide bonds. The van der Waals surface area contributed by atoms with E-state index in [0.29, 0.717) is 0 Å². The first-order chi connectivity index (χ1) is 28.2. The molecule has 0 fully saturated rings. The molecule has 0 aliphatic carbocycles. The molecule has 268 valence electrons. The number of aromatic nitrogens is 2. The van der Waals surface area contributed by atoms with Gasteiger partial charge in [-0.25, -0.2) is 9.97 Å². The van der Waals surface area contributed by atoms with Gasteiger partial charge in [0, 0.05) is 49.7 Å². The van der Waals surface area contributed by atoms with E-state index in [0.717, 1.165) is 78.0 Å². The van der Waals surface area contributed by atoms with Crippen LogP contribution in [0.5, 0.6) is 0 Å². The monoisotopic (exact) mass is 728 g/mol. The average molecular weight is 729 g/mol. The summed E-state index contributed by atoms with van der Waals surface area (Å²) in [4.78, 5) is 13.0. The van der Waals surface area contributed by atoms with Crippen molar-refractivity contribution in [1.82, 2.24) is 9.97 Å². The highest BCUT2D eigenvalue weighted by Gasteiger charge is 2.21. The first-order valence-corrected chi connectivity index (χ1v) is 19.4. The highest BCUT2D eigenvalue weighted by atomic mass is 15.1. The molecule has 0 bridgehead atoms. The van der Waals surface area contributed by atoms with Crippen molar-refractivity contribution in [2.24, 2.45) is 0 Å². The number of para-hydroxylation sites is 2. The Bertz CT molecular complexity index is 3100. The van der Waals surface area contributed by atoms with Gasteiger partial charge in [0.05, 0.1) is 34.2 Å². The fourth-order valence-electron chi connectivity index (χ4n) is 8.44. The standard InChI is InChI=1S/C53H36N4/c1-5-13-36(14-6-1)47-31-26-38-22-23-39-27-32-48(55-53(39)52(38)54-47)40-24-21-35-25-29-45-50(46(35)33-40)44-30-28-43(34-49(44)56-51(45)37-15-7-2-8-16-37)57(41-17-9-3-10-18-41)42-19-11-4-12-20-42/h1-34,48,55H. The Kier molecular flexibility index (Phi) is 7.85. The topological polar surface area (TPSA) is 41.1 Å². The second-order valence-corrected chi connectivity index (χ2v) is 14.6. The van der Waals surface area contributed by atoms with Gasteiger partial charge in [-0.1, -0.05) is 158 Å². The van der Waals surface area contributed by atoms with Gasteiger partial charge in [0.25, 0.3) is 0 Å². The molecule has 11 rings (SSSR count). The molecule has 57 heavy (non-hydrogen) atoms. The Morgan fingerprint density at radius 2 is 1.11 bits per heavy atom. The molecule has 0 radical (unpaired) electrons. The predicted molar refractivity (Wildman–Crippen MR) is 239 cm³/mol. The van der Waals surface area contributed by atoms with Gasteiger partial charge in [0.15, 0.2) is 0 Å². The molecule has 1 N–H and O–H groups in total. The van der Waals surface area contributed by atoms with Crippen LogP contribution in [0.25, 0.3) is 71.9 Å². The number of fused-ring (bicyclic) bond motifs is 8. The van der Waals surface area contributed by atoms with E-state index in [1.54, 1.807) is 0 Å². The van der Waals surface area contributed by atoms with E-state index in [9.17, 15) is 0 Å². The number of hydrogen-bond acceptors (Lipinski definition) is 4. The van der Waals surface area contributed by atoms with E-state index >= 15 is 0 Å². The third-order valence-electron chi connectivity index (χ3n) is 11.2. The summed E-state index contributed by atoms with van der Waals surface area (Å²) >= 11 is 0. The van der Waals surface area contributed by atoms with Crippen LogP contribution in [0, 0.1) is 0 Å². The first kappa shape index (κ1) is 32.8. The minimum Gasteiger partial charge on any atom is -0.372 e. The zero-order valence-electron chi connectivity index (χ0n) is 31.0. The minimum atomic E-state index is -0.0384. The van der Waals surface area contributed by atoms with Gasteiger partial charge in [-0.3, -0.25) is 0 Å². The van der Waals surface area contributed by atoms with Crippen molar-refractivity contribution in [1.29, 1.82) is 0 Å². The Hall–Kier alpha value is -7.56. The van der Waals surface area contributed by atoms with Crippen LogP contribution in [-0.4, -0.2) is 9.97 Å². The minimum absolute atomic E-state index is 0.0384. The van der Waals surface area contributed by atoms with Crippen molar-refractivity contribution in [3.8, 4) is 22.5 Å². The lowest BCUT2D eigenvalue weighted by Gasteiger charge is -2.26. The fraction of sp³-hybridized carbons (Fsp3) is 0.0189. The molecule has 4 heteroatoms. The quantitative estimate of drug-likeness (QED) is 0.173. The molecule has 4 nitrogen and oxygen atoms in total. The second-order valence-electron chi connectivity index (χ2n) is 14.6. The SMILES string of the molecule is C1=CC(c2ccc3ccc4c(-c5ccccc5)nc5cc(N(c6ccccc6)c6ccccc6)ccc5c4c3c2)Nc2c1ccc1ccc(-c3ccccc3)nc21. The van der Waals surface area contributed by atoms with E-state index in [4.69, 9.17) is 9.97 Å². The van der Waals surface area contributed by atoms with Gasteiger partial charge in [0.2, 0.25) is 0 Å². The zero-order valence-corrected chi connectivity index (χ0v) is 31.0. The first-order valence-electron chi connectivity index (χ1n) is 19.4. The van der Waals surface area contributed by atoms with Crippen molar-refractivity contribution in [3.05, 3.63) is 211 Å². The summed E-state index contributed by atoms with van der Waals surface area (Å²) in [5.41, 5.74) is 12.7. The van der Waals surface area contributed by atoms with Crippen LogP contribution in [0.4, 0.5) is 22.7 Å². The van der Waals surface area contributed by atoms with Crippen LogP contribution in [0.15, 0.2) is 200 Å². The van der Waals surface area contributed by atoms with Crippen LogP contribution in [0.2, 0.25) is 0 Å². The van der Waals surface area contributed by atoms with E-state index in [1.807, 2.05) is 6.07 Å². The molecular formula is C53H36N4. The summed E-state index contributed by atoms with van der Waals surface area (Å²) in [5.74, 6) is 0. The van der Waals surface area contributed by atoms with Crippen molar-refractivity contribution in [2.75, 3.05) is 10.2 Å². The third-order valence-corrected chi connectivity index (χ3v) is 11.2. The molecule has 1 aliphatic heterocycles. The normalized spacial score (nSPS) is 13.5. The summed E-state index contributed by atoms with van der Waals surface area (Å²) in [6, 6.07) is 68.8. The molecule has 0 saturated carbocycles. The summed E-state index contributed by atoms with van der Waals surface area (Å²) in [6.07, 6.45) is 4.50. The van der Waals surface area contributed by atoms with Gasteiger partial charge >= 0.3 is 0 Å². The molecule has 0 spiro atoms. The predicted octanol–water partition coefficient (Wildman–Crippen LogP) is 14.1. The van der Waals surface area contributed by atoms with E-state index < -0.39 is 0 Å². The van der Waals surface area contributed by atoms with Crippen LogP contribution in [0.3, 0.4) is 0 Å². The van der Waals surface area contributed by atoms with E-state index in [2.05, 4.69) is 210 Å². The summed E-state index contributed by atoms with van der Waals surface area (Å²) < 4.78 is 0. The molecule has 0 saturated heterocycles. The van der Waals surface area contributed by atoms with Crippen molar-refractivity contribution in [3.63, 3.8) is 0 Å². The number of benzene rings is 8. The zero-order chi connectivity index (χ0) is 37.7. The molecule has 1 aliphatic rings. The number of pyridine rings is 2. The third kappa shape index (κ3) is 5.78. The van der Waals surface area contributed by atoms with Crippen molar-refractivity contribution < 1.29 is 0 Å². The highest BCUT2D eigenvalue weighted by Crippen LogP contribution is 2.42. The largest absolute Gasteiger partial charge is 0.372 e. The fourth-order valence-corrected chi connectivity index (χ4v) is 8.44. The number of nitrogens with zero attached hydrogens (tertiary/aromatic N) is 3. The van der Waals surface area contributed by atoms with Gasteiger partial charge in [-0.2, -0.15) is 0 Å². The Morgan fingerprint density at radius 1 is 0.474 bits per heavy atom. The lowest BCUT2D eigenvalue weighted by atomic mass is 9.92. The van der Waals surface area contributed by atoms with Crippen LogP contribution in [-0.2, 0) is 0 Å². The number of rotatable bonds is 6. The Labute approximate surface area is 331 Å². The maximum atomic E-state index is 5.45. The van der Waals surface area contributed by atoms with E-state index in [1.165, 1.54) is 21.7 Å². The van der Waals surface area contributed by atoms with Crippen LogP contribution >= 0.6 is 0 Å². The molecular weight excluding hydrogens is 693 g/mol. The van der Waals surface area contributed by atoms with Gasteiger partial charge in [-0.05, 0) is 70.4 Å². The van der Waals surface area contributed by atoms with Gasteiger partial charge in [-0.15, -0.1) is 0 Å². The number of nitrogens with one attached hydrogen (secondary N) is 1. The Morgan fingerprint density at radius 3 is 1.84 bits per heavy atom. The lowest BCUT2D eigenvalue weighted by Crippen LogP contribution is -2.13. The summed E-state index contributed by atoms with van der Waals surface area (Å²) in [7, 11) is 0. The number of hydrogen-bond donors (Lipinski definition) is 1. The van der Waals surface area contributed by atoms with Gasteiger partial charge in [0.1, 0.15) is 0 Å². The van der Waals surface area contributed by atoms with Crippen molar-refractivity contribution in [2.45, 2.75) is 6.04 Å². The molecule has 10 aromatic rings. The van der Waals surface area contributed by atoms with E-state index in [-0.39, 0.29) is 6.04 Å². The number of anilines is 4. The second kappa shape index (κ2) is 13.6. The molecule has 1 unspecified atom stereocenters. The molecule has 3 heterocycles. The maximum absolute atomic E-state index is 5.45. The average Bonchev–Trinajstić information content (AvgIpc) is 3.29. The summed E-state index contributed by atoms with van der Waals surface area (Å²) in [6.45, 7) is 0. The van der Waals surface area contributed by atoms with Crippen LogP contribution < -0.4 is 10.2 Å². The van der Waals surface area contributed by atoms with Gasteiger partial charge < -0.3 is 10.2 Å². The smallest absolute Gasteiger partial charge is 0.0947 e. The highest BCUT2D eigenvalue weighted by molar-refractivity contribution is 6.23. The van der Waals surface area contributed by atoms with Crippen molar-refractivity contribution >= 4 is 72.2 Å². The summed E-state index contributed by atoms with van der Waals surface area (Å²) in [5, 5.41) is 10.9. The molecule has 1 atom stereocenters. The molecule has 8 aromatic carbocycles. The maximum Gasteiger partial charge on any atom is 0.0947 e. The lowest BCUT2D eigenvalue weighted by molar-refractivity contribution is 0.984. The Balaban J connectivity index is 1.08.